The van der Waals surface area contributed by atoms with E-state index in [0.717, 1.165) is 20.1 Å². The van der Waals surface area contributed by atoms with Crippen molar-refractivity contribution in [3.05, 3.63) is 86.8 Å². The maximum atomic E-state index is 12.0. The normalized spacial score (nSPS) is 10.6. The Bertz CT molecular complexity index is 1130. The highest BCUT2D eigenvalue weighted by Gasteiger charge is 2.09. The zero-order valence-electron chi connectivity index (χ0n) is 17.7. The van der Waals surface area contributed by atoms with Crippen LogP contribution in [0.25, 0.3) is 0 Å². The van der Waals surface area contributed by atoms with Crippen LogP contribution in [-0.4, -0.2) is 25.1 Å². The van der Waals surface area contributed by atoms with E-state index in [4.69, 9.17) is 9.47 Å². The summed E-state index contributed by atoms with van der Waals surface area (Å²) >= 11 is 6.89. The van der Waals surface area contributed by atoms with Gasteiger partial charge in [0, 0.05) is 10.2 Å². The lowest BCUT2D eigenvalue weighted by Gasteiger charge is -2.09. The SMILES string of the molecule is COc1ccc(NC(=O)CC(=O)NN=Cc2ccc(OCc3ccc(Br)cc3)c(Br)c2)cc1. The van der Waals surface area contributed by atoms with E-state index in [-0.39, 0.29) is 6.42 Å². The average molecular weight is 575 g/mol. The highest BCUT2D eigenvalue weighted by Crippen LogP contribution is 2.26. The second-order valence-electron chi connectivity index (χ2n) is 6.85. The van der Waals surface area contributed by atoms with Crippen molar-refractivity contribution in [2.24, 2.45) is 5.10 Å². The van der Waals surface area contributed by atoms with Crippen molar-refractivity contribution in [3.63, 3.8) is 0 Å². The Balaban J connectivity index is 1.45. The van der Waals surface area contributed by atoms with Gasteiger partial charge >= 0.3 is 0 Å². The van der Waals surface area contributed by atoms with Gasteiger partial charge in [-0.2, -0.15) is 5.10 Å². The smallest absolute Gasteiger partial charge is 0.249 e. The third-order valence-corrected chi connectivity index (χ3v) is 5.51. The quantitative estimate of drug-likeness (QED) is 0.207. The third kappa shape index (κ3) is 8.03. The van der Waals surface area contributed by atoms with Crippen LogP contribution in [0, 0.1) is 0 Å². The molecule has 0 spiro atoms. The molecule has 9 heteroatoms. The third-order valence-electron chi connectivity index (χ3n) is 4.36. The minimum Gasteiger partial charge on any atom is -0.497 e. The molecule has 7 nitrogen and oxygen atoms in total. The number of nitrogens with one attached hydrogen (secondary N) is 2. The predicted octanol–water partition coefficient (Wildman–Crippen LogP) is 5.28. The summed E-state index contributed by atoms with van der Waals surface area (Å²) in [5.74, 6) is 0.402. The van der Waals surface area contributed by atoms with Crippen molar-refractivity contribution in [3.8, 4) is 11.5 Å². The Morgan fingerprint density at radius 2 is 1.70 bits per heavy atom. The fourth-order valence-corrected chi connectivity index (χ4v) is 3.48. The summed E-state index contributed by atoms with van der Waals surface area (Å²) in [7, 11) is 1.56. The molecule has 0 aliphatic carbocycles. The van der Waals surface area contributed by atoms with Gasteiger partial charge in [-0.25, -0.2) is 5.43 Å². The molecule has 0 aromatic heterocycles. The molecule has 2 N–H and O–H groups in total. The summed E-state index contributed by atoms with van der Waals surface area (Å²) in [4.78, 5) is 24.0. The first kappa shape index (κ1) is 24.5. The molecule has 0 fully saturated rings. The van der Waals surface area contributed by atoms with Crippen molar-refractivity contribution >= 4 is 55.6 Å². The van der Waals surface area contributed by atoms with Gasteiger partial charge in [-0.3, -0.25) is 9.59 Å². The molecule has 3 aromatic rings. The molecule has 0 heterocycles. The van der Waals surface area contributed by atoms with Gasteiger partial charge in [-0.05, 0) is 81.7 Å². The molecule has 33 heavy (non-hydrogen) atoms. The molecular formula is C24H21Br2N3O4. The largest absolute Gasteiger partial charge is 0.497 e. The van der Waals surface area contributed by atoms with Gasteiger partial charge in [0.05, 0.1) is 17.8 Å². The van der Waals surface area contributed by atoms with E-state index in [1.54, 1.807) is 31.4 Å². The summed E-state index contributed by atoms with van der Waals surface area (Å²) in [6, 6.07) is 20.2. The van der Waals surface area contributed by atoms with Crippen molar-refractivity contribution in [1.29, 1.82) is 0 Å². The van der Waals surface area contributed by atoms with E-state index in [9.17, 15) is 9.59 Å². The standard InChI is InChI=1S/C24H21Br2N3O4/c1-32-20-9-7-19(8-10-20)28-23(30)13-24(31)29-27-14-17-4-11-22(21(26)12-17)33-15-16-2-5-18(25)6-3-16/h2-12,14H,13,15H2,1H3,(H,28,30)(H,29,31). The minimum absolute atomic E-state index is 0.351. The van der Waals surface area contributed by atoms with Crippen LogP contribution in [0.15, 0.2) is 80.8 Å². The number of halogens is 2. The number of benzene rings is 3. The van der Waals surface area contributed by atoms with E-state index < -0.39 is 11.8 Å². The molecule has 0 aliphatic rings. The van der Waals surface area contributed by atoms with E-state index in [1.165, 1.54) is 6.21 Å². The Morgan fingerprint density at radius 1 is 0.970 bits per heavy atom. The average Bonchev–Trinajstić information content (AvgIpc) is 2.80. The van der Waals surface area contributed by atoms with Crippen molar-refractivity contribution < 1.29 is 19.1 Å². The lowest BCUT2D eigenvalue weighted by atomic mass is 10.2. The molecule has 0 saturated heterocycles. The molecule has 3 rings (SSSR count). The van der Waals surface area contributed by atoms with E-state index >= 15 is 0 Å². The summed E-state index contributed by atoms with van der Waals surface area (Å²) in [5, 5.41) is 6.55. The summed E-state index contributed by atoms with van der Waals surface area (Å²) in [6.45, 7) is 0.438. The van der Waals surface area contributed by atoms with Crippen molar-refractivity contribution in [1.82, 2.24) is 5.43 Å². The van der Waals surface area contributed by atoms with Crippen LogP contribution in [0.5, 0.6) is 11.5 Å². The van der Waals surface area contributed by atoms with Crippen LogP contribution in [0.3, 0.4) is 0 Å². The number of carbonyl (C=O) groups excluding carboxylic acids is 2. The first-order valence-electron chi connectivity index (χ1n) is 9.85. The fraction of sp³-hybridized carbons (Fsp3) is 0.125. The molecule has 170 valence electrons. The number of methoxy groups -OCH3 is 1. The van der Waals surface area contributed by atoms with Crippen LogP contribution in [0.2, 0.25) is 0 Å². The molecule has 0 bridgehead atoms. The van der Waals surface area contributed by atoms with Gasteiger partial charge in [0.25, 0.3) is 0 Å². The maximum absolute atomic E-state index is 12.0. The summed E-state index contributed by atoms with van der Waals surface area (Å²) < 4.78 is 12.7. The Hall–Kier alpha value is -3.17. The lowest BCUT2D eigenvalue weighted by molar-refractivity contribution is -0.126. The van der Waals surface area contributed by atoms with Gasteiger partial charge in [-0.1, -0.05) is 28.1 Å². The molecule has 0 atom stereocenters. The second-order valence-corrected chi connectivity index (χ2v) is 8.62. The van der Waals surface area contributed by atoms with E-state index in [2.05, 4.69) is 47.7 Å². The molecule has 3 aromatic carbocycles. The fourth-order valence-electron chi connectivity index (χ4n) is 2.70. The van der Waals surface area contributed by atoms with Gasteiger partial charge in [0.15, 0.2) is 0 Å². The highest BCUT2D eigenvalue weighted by atomic mass is 79.9. The zero-order valence-corrected chi connectivity index (χ0v) is 20.9. The zero-order chi connectivity index (χ0) is 23.6. The number of ether oxygens (including phenoxy) is 2. The molecule has 0 aliphatic heterocycles. The summed E-state index contributed by atoms with van der Waals surface area (Å²) in [6.07, 6.45) is 1.14. The molecule has 2 amide bonds. The molecule has 0 saturated carbocycles. The Morgan fingerprint density at radius 3 is 2.36 bits per heavy atom. The van der Waals surface area contributed by atoms with Crippen molar-refractivity contribution in [2.45, 2.75) is 13.0 Å². The Kier molecular flexibility index (Phi) is 9.03. The number of hydrazone groups is 1. The van der Waals surface area contributed by atoms with Crippen LogP contribution in [0.1, 0.15) is 17.5 Å². The number of carbonyl (C=O) groups is 2. The molecule has 0 radical (unpaired) electrons. The Labute approximate surface area is 208 Å². The number of nitrogens with zero attached hydrogens (tertiary/aromatic N) is 1. The number of hydrogen-bond donors (Lipinski definition) is 2. The number of hydrogen-bond acceptors (Lipinski definition) is 5. The van der Waals surface area contributed by atoms with Gasteiger partial charge < -0.3 is 14.8 Å². The number of anilines is 1. The number of rotatable bonds is 9. The van der Waals surface area contributed by atoms with Crippen LogP contribution >= 0.6 is 31.9 Å². The maximum Gasteiger partial charge on any atom is 0.249 e. The lowest BCUT2D eigenvalue weighted by Crippen LogP contribution is -2.24. The monoisotopic (exact) mass is 573 g/mol. The summed E-state index contributed by atoms with van der Waals surface area (Å²) in [5.41, 5.74) is 4.73. The van der Waals surface area contributed by atoms with Crippen LogP contribution in [-0.2, 0) is 16.2 Å². The van der Waals surface area contributed by atoms with Gasteiger partial charge in [0.1, 0.15) is 24.5 Å². The minimum atomic E-state index is -0.522. The molecular weight excluding hydrogens is 554 g/mol. The number of amides is 2. The van der Waals surface area contributed by atoms with Gasteiger partial charge in [0.2, 0.25) is 11.8 Å². The highest BCUT2D eigenvalue weighted by molar-refractivity contribution is 9.10. The van der Waals surface area contributed by atoms with Gasteiger partial charge in [-0.15, -0.1) is 0 Å². The van der Waals surface area contributed by atoms with Crippen LogP contribution < -0.4 is 20.2 Å². The van der Waals surface area contributed by atoms with Crippen molar-refractivity contribution in [2.75, 3.05) is 12.4 Å². The van der Waals surface area contributed by atoms with Crippen LogP contribution in [0.4, 0.5) is 5.69 Å². The predicted molar refractivity (Wildman–Crippen MR) is 135 cm³/mol. The first-order chi connectivity index (χ1) is 15.9. The topological polar surface area (TPSA) is 89.0 Å². The second kappa shape index (κ2) is 12.2. The van der Waals surface area contributed by atoms with E-state index in [1.807, 2.05) is 42.5 Å². The molecule has 0 unspecified atom stereocenters. The first-order valence-corrected chi connectivity index (χ1v) is 11.4. The van der Waals surface area contributed by atoms with E-state index in [0.29, 0.717) is 23.8 Å².